The lowest BCUT2D eigenvalue weighted by atomic mass is 10.0. The van der Waals surface area contributed by atoms with Crippen molar-refractivity contribution in [1.29, 1.82) is 0 Å². The molecule has 0 bridgehead atoms. The van der Waals surface area contributed by atoms with Crippen molar-refractivity contribution in [3.63, 3.8) is 0 Å². The molecule has 2 aliphatic rings. The van der Waals surface area contributed by atoms with Gasteiger partial charge in [-0.2, -0.15) is 0 Å². The maximum Gasteiger partial charge on any atom is 0.414 e. The Labute approximate surface area is 234 Å². The van der Waals surface area contributed by atoms with Crippen molar-refractivity contribution in [2.75, 3.05) is 37.8 Å². The Kier molecular flexibility index (Phi) is 9.88. The lowest BCUT2D eigenvalue weighted by Gasteiger charge is -2.34. The number of fused-ring (bicyclic) bond motifs is 2. The predicted octanol–water partition coefficient (Wildman–Crippen LogP) is 2.13. The number of β-amino-alcohol motifs (C(OH)–C–C–N with tert-alkyl or cyclic N) is 1. The van der Waals surface area contributed by atoms with E-state index in [1.807, 2.05) is 36.5 Å². The Morgan fingerprint density at radius 2 is 1.93 bits per heavy atom. The highest BCUT2D eigenvalue weighted by atomic mass is 32.2. The number of hydrogen-bond donors (Lipinski definition) is 5. The third kappa shape index (κ3) is 7.66. The van der Waals surface area contributed by atoms with Crippen molar-refractivity contribution in [2.45, 2.75) is 36.6 Å². The van der Waals surface area contributed by atoms with E-state index in [1.54, 1.807) is 13.3 Å². The maximum atomic E-state index is 11.6. The van der Waals surface area contributed by atoms with Gasteiger partial charge in [-0.15, -0.1) is 0 Å². The number of aliphatic hydroxyl groups is 1. The van der Waals surface area contributed by atoms with Crippen LogP contribution in [0.2, 0.25) is 0 Å². The fraction of sp³-hybridized carbons (Fsp3) is 0.370. The van der Waals surface area contributed by atoms with Gasteiger partial charge in [0.15, 0.2) is 0 Å². The van der Waals surface area contributed by atoms with Gasteiger partial charge in [0.1, 0.15) is 10.8 Å². The number of carbonyl (C=O) groups excluding carboxylic acids is 1. The van der Waals surface area contributed by atoms with Crippen molar-refractivity contribution in [3.05, 3.63) is 53.9 Å². The van der Waals surface area contributed by atoms with E-state index < -0.39 is 18.0 Å². The van der Waals surface area contributed by atoms with Gasteiger partial charge in [0.05, 0.1) is 30.2 Å². The summed E-state index contributed by atoms with van der Waals surface area (Å²) in [5.41, 5.74) is 3.62. The van der Waals surface area contributed by atoms with E-state index in [-0.39, 0.29) is 5.91 Å². The Morgan fingerprint density at radius 3 is 2.62 bits per heavy atom. The fourth-order valence-electron chi connectivity index (χ4n) is 4.61. The van der Waals surface area contributed by atoms with Gasteiger partial charge in [-0.3, -0.25) is 9.78 Å². The first kappa shape index (κ1) is 29.2. The number of aliphatic hydroxyl groups excluding tert-OH is 1. The van der Waals surface area contributed by atoms with Gasteiger partial charge in [0.2, 0.25) is 5.91 Å². The first-order valence-corrected chi connectivity index (χ1v) is 13.7. The Hall–Kier alpha value is -3.78. The number of aliphatic carboxylic acids is 2. The van der Waals surface area contributed by atoms with E-state index in [2.05, 4.69) is 25.5 Å². The molecule has 0 radical (unpaired) electrons. The second kappa shape index (κ2) is 13.5. The number of methoxy groups -OCH3 is 1. The zero-order valence-electron chi connectivity index (χ0n) is 21.9. The van der Waals surface area contributed by atoms with Gasteiger partial charge >= 0.3 is 11.9 Å². The van der Waals surface area contributed by atoms with Gasteiger partial charge in [0, 0.05) is 36.9 Å². The van der Waals surface area contributed by atoms with Crippen molar-refractivity contribution >= 4 is 46.2 Å². The van der Waals surface area contributed by atoms with Gasteiger partial charge in [0.25, 0.3) is 0 Å². The summed E-state index contributed by atoms with van der Waals surface area (Å²) in [4.78, 5) is 41.0. The highest BCUT2D eigenvalue weighted by Crippen LogP contribution is 2.30. The Morgan fingerprint density at radius 1 is 1.18 bits per heavy atom. The molecule has 0 saturated carbocycles. The quantitative estimate of drug-likeness (QED) is 0.263. The summed E-state index contributed by atoms with van der Waals surface area (Å²) in [5, 5.41) is 34.1. The number of benzene rings is 1. The molecule has 4 heterocycles. The number of carbonyl (C=O) groups is 3. The molecule has 1 atom stereocenters. The number of amides is 1. The molecule has 3 aromatic rings. The van der Waals surface area contributed by atoms with Crippen LogP contribution in [0.4, 0.5) is 5.69 Å². The zero-order valence-corrected chi connectivity index (χ0v) is 22.7. The molecule has 1 saturated heterocycles. The van der Waals surface area contributed by atoms with Crippen LogP contribution in [0.1, 0.15) is 30.1 Å². The van der Waals surface area contributed by atoms with Crippen LogP contribution in [0.25, 0.3) is 10.9 Å². The minimum absolute atomic E-state index is 0.0258. The van der Waals surface area contributed by atoms with Crippen LogP contribution >= 0.6 is 11.8 Å². The van der Waals surface area contributed by atoms with E-state index in [9.17, 15) is 9.90 Å². The van der Waals surface area contributed by atoms with Crippen LogP contribution in [0.3, 0.4) is 0 Å². The molecule has 212 valence electrons. The molecule has 5 rings (SSSR count). The number of pyridine rings is 2. The van der Waals surface area contributed by atoms with Gasteiger partial charge in [-0.25, -0.2) is 14.6 Å². The fourth-order valence-corrected chi connectivity index (χ4v) is 5.34. The maximum absolute atomic E-state index is 11.6. The lowest BCUT2D eigenvalue weighted by molar-refractivity contribution is -0.159. The summed E-state index contributed by atoms with van der Waals surface area (Å²) in [6.45, 7) is 3.17. The monoisotopic (exact) mass is 569 g/mol. The van der Waals surface area contributed by atoms with Crippen LogP contribution in [-0.2, 0) is 20.9 Å². The number of rotatable bonds is 7. The first-order chi connectivity index (χ1) is 19.2. The van der Waals surface area contributed by atoms with E-state index in [4.69, 9.17) is 24.5 Å². The third-order valence-corrected chi connectivity index (χ3v) is 7.67. The topological polar surface area (TPSA) is 174 Å². The molecule has 13 heteroatoms. The molecule has 1 amide bonds. The number of aromatic nitrogens is 2. The minimum Gasteiger partial charge on any atom is -0.497 e. The first-order valence-electron chi connectivity index (χ1n) is 12.7. The van der Waals surface area contributed by atoms with Crippen molar-refractivity contribution in [3.8, 4) is 5.75 Å². The van der Waals surface area contributed by atoms with Crippen LogP contribution < -0.4 is 15.4 Å². The van der Waals surface area contributed by atoms with Crippen LogP contribution in [0.5, 0.6) is 5.75 Å². The number of ether oxygens (including phenoxy) is 1. The van der Waals surface area contributed by atoms with Crippen molar-refractivity contribution < 1.29 is 34.4 Å². The largest absolute Gasteiger partial charge is 0.497 e. The second-order valence-corrected chi connectivity index (χ2v) is 10.4. The van der Waals surface area contributed by atoms with Crippen LogP contribution in [0, 0.1) is 0 Å². The molecule has 12 nitrogen and oxygen atoms in total. The summed E-state index contributed by atoms with van der Waals surface area (Å²) in [5.74, 6) is -2.44. The van der Waals surface area contributed by atoms with Crippen molar-refractivity contribution in [1.82, 2.24) is 20.2 Å². The molecular formula is C27H31N5O7S. The number of thioether (sulfide) groups is 1. The SMILES string of the molecule is COc1ccc2nccc([C@@H](O)CN3CCC(NCc4cnc5c(c4)NC(=O)CS5)CC3)c2c1.O=C(O)C(=O)O. The van der Waals surface area contributed by atoms with Gasteiger partial charge < -0.3 is 35.6 Å². The lowest BCUT2D eigenvalue weighted by Crippen LogP contribution is -2.43. The number of anilines is 1. The van der Waals surface area contributed by atoms with Crippen LogP contribution in [-0.4, -0.2) is 86.6 Å². The van der Waals surface area contributed by atoms with E-state index in [0.29, 0.717) is 18.3 Å². The van der Waals surface area contributed by atoms with E-state index >= 15 is 0 Å². The molecule has 1 fully saturated rings. The van der Waals surface area contributed by atoms with Crippen molar-refractivity contribution in [2.24, 2.45) is 0 Å². The highest BCUT2D eigenvalue weighted by Gasteiger charge is 2.23. The average Bonchev–Trinajstić information content (AvgIpc) is 2.96. The number of nitrogens with zero attached hydrogens (tertiary/aromatic N) is 3. The standard InChI is InChI=1S/C25H29N5O3S.C2H2O4/c1-33-18-2-3-21-20(11-18)19(4-7-26-21)23(31)14-30-8-5-17(6-9-30)27-12-16-10-22-25(28-13-16)34-15-24(32)29-22;3-1(4)2(5)6/h2-4,7,10-11,13,17,23,27,31H,5-6,8-9,12,14-15H2,1H3,(H,29,32);(H,3,4)(H,5,6)/t23-;/m0./s1. The number of piperidine rings is 1. The molecule has 40 heavy (non-hydrogen) atoms. The molecule has 0 aliphatic carbocycles. The van der Waals surface area contributed by atoms with Crippen LogP contribution in [0.15, 0.2) is 47.8 Å². The van der Waals surface area contributed by atoms with E-state index in [1.165, 1.54) is 11.8 Å². The number of likely N-dealkylation sites (tertiary alicyclic amines) is 1. The molecule has 0 unspecified atom stereocenters. The summed E-state index contributed by atoms with van der Waals surface area (Å²) in [6.07, 6.45) is 5.08. The average molecular weight is 570 g/mol. The number of nitrogens with one attached hydrogen (secondary N) is 2. The number of hydrogen-bond acceptors (Lipinski definition) is 10. The zero-order chi connectivity index (χ0) is 28.6. The van der Waals surface area contributed by atoms with E-state index in [0.717, 1.165) is 71.0 Å². The highest BCUT2D eigenvalue weighted by molar-refractivity contribution is 8.00. The minimum atomic E-state index is -1.82. The third-order valence-electron chi connectivity index (χ3n) is 6.66. The summed E-state index contributed by atoms with van der Waals surface area (Å²) < 4.78 is 5.36. The summed E-state index contributed by atoms with van der Waals surface area (Å²) in [6, 6.07) is 10.1. The summed E-state index contributed by atoms with van der Waals surface area (Å²) >= 11 is 1.48. The summed E-state index contributed by atoms with van der Waals surface area (Å²) in [7, 11) is 1.64. The molecule has 2 aromatic heterocycles. The second-order valence-electron chi connectivity index (χ2n) is 9.40. The smallest absolute Gasteiger partial charge is 0.414 e. The van der Waals surface area contributed by atoms with Gasteiger partial charge in [-0.05, 0) is 67.4 Å². The molecular weight excluding hydrogens is 538 g/mol. The Balaban J connectivity index is 0.000000557. The number of carboxylic acids is 2. The molecule has 1 aromatic carbocycles. The predicted molar refractivity (Wildman–Crippen MR) is 148 cm³/mol. The number of carboxylic acid groups (broad SMARTS) is 2. The molecule has 2 aliphatic heterocycles. The van der Waals surface area contributed by atoms with Gasteiger partial charge in [-0.1, -0.05) is 11.8 Å². The Bertz CT molecular complexity index is 1370. The molecule has 5 N–H and O–H groups in total. The normalized spacial score (nSPS) is 16.3. The molecule has 0 spiro atoms.